The maximum atomic E-state index is 12.1. The van der Waals surface area contributed by atoms with Gasteiger partial charge in [0.25, 0.3) is 0 Å². The molecule has 156 valence electrons. The maximum absolute atomic E-state index is 12.1. The summed E-state index contributed by atoms with van der Waals surface area (Å²) in [5.74, 6) is -0.174. The largest absolute Gasteiger partial charge is 0.385 e. The smallest absolute Gasteiger partial charge is 0.234 e. The Morgan fingerprint density at radius 1 is 1.10 bits per heavy atom. The van der Waals surface area contributed by atoms with Crippen molar-refractivity contribution in [3.63, 3.8) is 0 Å². The van der Waals surface area contributed by atoms with E-state index in [4.69, 9.17) is 4.74 Å². The Labute approximate surface area is 177 Å². The van der Waals surface area contributed by atoms with E-state index >= 15 is 0 Å². The first kappa shape index (κ1) is 22.9. The SMILES string of the molecule is COCCCNC(=O)Cc1csc(SCC(=O)Nc2ccc(NC(C)=O)cc2)n1. The van der Waals surface area contributed by atoms with Crippen molar-refractivity contribution in [2.45, 2.75) is 24.1 Å². The molecule has 0 saturated carbocycles. The fraction of sp³-hybridized carbons (Fsp3) is 0.368. The summed E-state index contributed by atoms with van der Waals surface area (Å²) in [5.41, 5.74) is 2.01. The van der Waals surface area contributed by atoms with E-state index in [9.17, 15) is 14.4 Å². The molecule has 2 aromatic rings. The van der Waals surface area contributed by atoms with Gasteiger partial charge in [0.1, 0.15) is 0 Å². The molecule has 0 radical (unpaired) electrons. The molecule has 1 aromatic carbocycles. The van der Waals surface area contributed by atoms with Crippen LogP contribution in [0.2, 0.25) is 0 Å². The van der Waals surface area contributed by atoms with Gasteiger partial charge in [-0.2, -0.15) is 0 Å². The molecule has 0 saturated heterocycles. The molecule has 0 unspecified atom stereocenters. The molecule has 0 spiro atoms. The number of thioether (sulfide) groups is 1. The number of thiazole rings is 1. The lowest BCUT2D eigenvalue weighted by molar-refractivity contribution is -0.120. The van der Waals surface area contributed by atoms with Gasteiger partial charge in [-0.1, -0.05) is 11.8 Å². The quantitative estimate of drug-likeness (QED) is 0.369. The molecule has 0 aliphatic heterocycles. The molecule has 8 nitrogen and oxygen atoms in total. The van der Waals surface area contributed by atoms with Gasteiger partial charge in [0.2, 0.25) is 17.7 Å². The first-order valence-electron chi connectivity index (χ1n) is 8.96. The van der Waals surface area contributed by atoms with Crippen LogP contribution in [-0.4, -0.2) is 48.7 Å². The third-order valence-corrected chi connectivity index (χ3v) is 5.61. The second-order valence-electron chi connectivity index (χ2n) is 6.07. The van der Waals surface area contributed by atoms with Crippen LogP contribution in [0.15, 0.2) is 34.0 Å². The molecule has 3 amide bonds. The summed E-state index contributed by atoms with van der Waals surface area (Å²) in [7, 11) is 1.63. The van der Waals surface area contributed by atoms with Crippen molar-refractivity contribution in [3.8, 4) is 0 Å². The standard InChI is InChI=1S/C19H24N4O4S2/c1-13(24)21-14-4-6-15(7-5-14)22-18(26)12-29-19-23-16(11-28-19)10-17(25)20-8-3-9-27-2/h4-7,11H,3,8-10,12H2,1-2H3,(H,20,25)(H,21,24)(H,22,26). The number of anilines is 2. The summed E-state index contributed by atoms with van der Waals surface area (Å²) in [5, 5.41) is 10.1. The lowest BCUT2D eigenvalue weighted by Crippen LogP contribution is -2.26. The molecular weight excluding hydrogens is 412 g/mol. The number of carbonyl (C=O) groups is 3. The number of aromatic nitrogens is 1. The molecule has 0 atom stereocenters. The van der Waals surface area contributed by atoms with Crippen molar-refractivity contribution >= 4 is 52.2 Å². The average molecular weight is 437 g/mol. The second kappa shape index (κ2) is 12.2. The fourth-order valence-electron chi connectivity index (χ4n) is 2.27. The van der Waals surface area contributed by atoms with Gasteiger partial charge < -0.3 is 20.7 Å². The van der Waals surface area contributed by atoms with Crippen molar-refractivity contribution in [1.29, 1.82) is 0 Å². The number of nitrogens with one attached hydrogen (secondary N) is 3. The van der Waals surface area contributed by atoms with Crippen LogP contribution in [-0.2, 0) is 25.5 Å². The molecule has 0 aliphatic rings. The van der Waals surface area contributed by atoms with Crippen LogP contribution in [0.4, 0.5) is 11.4 Å². The number of rotatable bonds is 11. The Bertz CT molecular complexity index is 824. The van der Waals surface area contributed by atoms with Crippen LogP contribution in [0.5, 0.6) is 0 Å². The van der Waals surface area contributed by atoms with Gasteiger partial charge in [-0.3, -0.25) is 14.4 Å². The van der Waals surface area contributed by atoms with E-state index in [0.717, 1.165) is 10.8 Å². The highest BCUT2D eigenvalue weighted by Crippen LogP contribution is 2.23. The Hall–Kier alpha value is -2.43. The highest BCUT2D eigenvalue weighted by atomic mass is 32.2. The number of benzene rings is 1. The number of methoxy groups -OCH3 is 1. The number of hydrogen-bond acceptors (Lipinski definition) is 7. The Morgan fingerprint density at radius 2 is 1.79 bits per heavy atom. The van der Waals surface area contributed by atoms with Crippen molar-refractivity contribution < 1.29 is 19.1 Å². The fourth-order valence-corrected chi connectivity index (χ4v) is 3.92. The zero-order valence-electron chi connectivity index (χ0n) is 16.3. The van der Waals surface area contributed by atoms with Crippen molar-refractivity contribution in [3.05, 3.63) is 35.3 Å². The summed E-state index contributed by atoms with van der Waals surface area (Å²) in [6.07, 6.45) is 0.988. The van der Waals surface area contributed by atoms with Gasteiger partial charge in [-0.25, -0.2) is 4.98 Å². The topological polar surface area (TPSA) is 109 Å². The molecule has 0 aliphatic carbocycles. The Morgan fingerprint density at radius 3 is 2.45 bits per heavy atom. The van der Waals surface area contributed by atoms with E-state index < -0.39 is 0 Å². The van der Waals surface area contributed by atoms with E-state index in [0.29, 0.717) is 30.2 Å². The summed E-state index contributed by atoms with van der Waals surface area (Å²) in [6, 6.07) is 6.89. The van der Waals surface area contributed by atoms with Crippen molar-refractivity contribution in [1.82, 2.24) is 10.3 Å². The summed E-state index contributed by atoms with van der Waals surface area (Å²) < 4.78 is 5.67. The molecule has 1 aromatic heterocycles. The normalized spacial score (nSPS) is 10.4. The van der Waals surface area contributed by atoms with E-state index in [1.807, 2.05) is 5.38 Å². The van der Waals surface area contributed by atoms with Gasteiger partial charge in [0, 0.05) is 43.9 Å². The van der Waals surface area contributed by atoms with E-state index in [1.54, 1.807) is 31.4 Å². The predicted octanol–water partition coefficient (Wildman–Crippen LogP) is 2.53. The maximum Gasteiger partial charge on any atom is 0.234 e. The summed E-state index contributed by atoms with van der Waals surface area (Å²) >= 11 is 2.73. The van der Waals surface area contributed by atoms with Gasteiger partial charge in [-0.05, 0) is 30.7 Å². The minimum absolute atomic E-state index is 0.0802. The van der Waals surface area contributed by atoms with Crippen LogP contribution in [0.25, 0.3) is 0 Å². The zero-order chi connectivity index (χ0) is 21.1. The molecule has 3 N–H and O–H groups in total. The highest BCUT2D eigenvalue weighted by molar-refractivity contribution is 8.01. The third-order valence-electron chi connectivity index (χ3n) is 3.54. The molecule has 10 heteroatoms. The van der Waals surface area contributed by atoms with Gasteiger partial charge in [0.05, 0.1) is 17.9 Å². The molecular formula is C19H24N4O4S2. The molecule has 1 heterocycles. The van der Waals surface area contributed by atoms with Crippen molar-refractivity contribution in [2.24, 2.45) is 0 Å². The Balaban J connectivity index is 1.72. The number of nitrogens with zero attached hydrogens (tertiary/aromatic N) is 1. The summed E-state index contributed by atoms with van der Waals surface area (Å²) in [4.78, 5) is 39.4. The summed E-state index contributed by atoms with van der Waals surface area (Å²) in [6.45, 7) is 2.62. The third kappa shape index (κ3) is 9.07. The van der Waals surface area contributed by atoms with Crippen LogP contribution in [0, 0.1) is 0 Å². The van der Waals surface area contributed by atoms with Gasteiger partial charge >= 0.3 is 0 Å². The van der Waals surface area contributed by atoms with Crippen LogP contribution >= 0.6 is 23.1 Å². The minimum atomic E-state index is -0.157. The lowest BCUT2D eigenvalue weighted by Gasteiger charge is -2.06. The molecule has 2 rings (SSSR count). The lowest BCUT2D eigenvalue weighted by atomic mass is 10.3. The monoisotopic (exact) mass is 436 g/mol. The van der Waals surface area contributed by atoms with Crippen molar-refractivity contribution in [2.75, 3.05) is 36.6 Å². The Kier molecular flexibility index (Phi) is 9.62. The predicted molar refractivity (Wildman–Crippen MR) is 115 cm³/mol. The number of ether oxygens (including phenoxy) is 1. The first-order chi connectivity index (χ1) is 14.0. The van der Waals surface area contributed by atoms with E-state index in [-0.39, 0.29) is 29.9 Å². The zero-order valence-corrected chi connectivity index (χ0v) is 18.0. The molecule has 29 heavy (non-hydrogen) atoms. The van der Waals surface area contributed by atoms with Crippen LogP contribution in [0.3, 0.4) is 0 Å². The molecule has 0 bridgehead atoms. The highest BCUT2D eigenvalue weighted by Gasteiger charge is 2.10. The van der Waals surface area contributed by atoms with E-state index in [1.165, 1.54) is 30.0 Å². The average Bonchev–Trinajstić information content (AvgIpc) is 3.12. The van der Waals surface area contributed by atoms with Gasteiger partial charge in [-0.15, -0.1) is 11.3 Å². The molecule has 0 fully saturated rings. The van der Waals surface area contributed by atoms with Crippen LogP contribution < -0.4 is 16.0 Å². The second-order valence-corrected chi connectivity index (χ2v) is 8.15. The van der Waals surface area contributed by atoms with Crippen LogP contribution in [0.1, 0.15) is 19.0 Å². The van der Waals surface area contributed by atoms with E-state index in [2.05, 4.69) is 20.9 Å². The number of hydrogen-bond donors (Lipinski definition) is 3. The number of carbonyl (C=O) groups excluding carboxylic acids is 3. The van der Waals surface area contributed by atoms with Gasteiger partial charge in [0.15, 0.2) is 4.34 Å². The number of amides is 3. The first-order valence-corrected chi connectivity index (χ1v) is 10.8. The minimum Gasteiger partial charge on any atom is -0.385 e.